The standard InChI is InChI=1S/C12H21F3N2O2/c1-11(10(16)18,17-9-3-4-9)6-8-19-7-2-5-12(13,14)15/h9,17H,2-8H2,1H3,(H2,16,18). The molecule has 1 atom stereocenters. The Morgan fingerprint density at radius 1 is 1.32 bits per heavy atom. The maximum Gasteiger partial charge on any atom is 0.389 e. The van der Waals surface area contributed by atoms with E-state index < -0.39 is 24.0 Å². The zero-order valence-corrected chi connectivity index (χ0v) is 11.1. The van der Waals surface area contributed by atoms with E-state index in [0.717, 1.165) is 12.8 Å². The van der Waals surface area contributed by atoms with Crippen LogP contribution in [0.5, 0.6) is 0 Å². The van der Waals surface area contributed by atoms with E-state index in [2.05, 4.69) is 5.32 Å². The predicted molar refractivity (Wildman–Crippen MR) is 64.5 cm³/mol. The van der Waals surface area contributed by atoms with Crippen LogP contribution in [0.4, 0.5) is 13.2 Å². The fraction of sp³-hybridized carbons (Fsp3) is 0.917. The van der Waals surface area contributed by atoms with Crippen molar-refractivity contribution in [3.63, 3.8) is 0 Å². The largest absolute Gasteiger partial charge is 0.389 e. The Morgan fingerprint density at radius 3 is 2.42 bits per heavy atom. The first-order valence-electron chi connectivity index (χ1n) is 6.45. The predicted octanol–water partition coefficient (Wildman–Crippen LogP) is 1.73. The van der Waals surface area contributed by atoms with Crippen LogP contribution in [0.15, 0.2) is 0 Å². The summed E-state index contributed by atoms with van der Waals surface area (Å²) >= 11 is 0. The number of rotatable bonds is 9. The van der Waals surface area contributed by atoms with Crippen molar-refractivity contribution in [3.8, 4) is 0 Å². The molecule has 3 N–H and O–H groups in total. The highest BCUT2D eigenvalue weighted by Crippen LogP contribution is 2.24. The van der Waals surface area contributed by atoms with E-state index in [1.165, 1.54) is 0 Å². The molecule has 112 valence electrons. The minimum Gasteiger partial charge on any atom is -0.381 e. The highest BCUT2D eigenvalue weighted by molar-refractivity contribution is 5.84. The van der Waals surface area contributed by atoms with Gasteiger partial charge in [-0.1, -0.05) is 0 Å². The number of hydrogen-bond donors (Lipinski definition) is 2. The Kier molecular flexibility index (Phi) is 5.61. The van der Waals surface area contributed by atoms with E-state index in [9.17, 15) is 18.0 Å². The second kappa shape index (κ2) is 6.56. The number of ether oxygens (including phenoxy) is 1. The van der Waals surface area contributed by atoms with Gasteiger partial charge in [-0.05, 0) is 32.6 Å². The van der Waals surface area contributed by atoms with Crippen molar-refractivity contribution in [1.82, 2.24) is 5.32 Å². The fourth-order valence-electron chi connectivity index (χ4n) is 1.70. The second-order valence-corrected chi connectivity index (χ2v) is 5.20. The summed E-state index contributed by atoms with van der Waals surface area (Å²) in [6, 6.07) is 0.322. The molecule has 19 heavy (non-hydrogen) atoms. The van der Waals surface area contributed by atoms with Gasteiger partial charge in [-0.15, -0.1) is 0 Å². The van der Waals surface area contributed by atoms with Gasteiger partial charge in [0.1, 0.15) is 0 Å². The number of primary amides is 1. The minimum atomic E-state index is -4.14. The van der Waals surface area contributed by atoms with Crippen LogP contribution >= 0.6 is 0 Å². The average molecular weight is 282 g/mol. The van der Waals surface area contributed by atoms with Gasteiger partial charge < -0.3 is 15.8 Å². The Morgan fingerprint density at radius 2 is 1.95 bits per heavy atom. The molecule has 0 bridgehead atoms. The monoisotopic (exact) mass is 282 g/mol. The first-order chi connectivity index (χ1) is 8.73. The van der Waals surface area contributed by atoms with Crippen LogP contribution in [0.1, 0.15) is 39.0 Å². The highest BCUT2D eigenvalue weighted by Gasteiger charge is 2.36. The molecule has 1 rings (SSSR count). The Bertz CT molecular complexity index is 306. The summed E-state index contributed by atoms with van der Waals surface area (Å²) in [5.74, 6) is -0.460. The summed E-state index contributed by atoms with van der Waals surface area (Å²) in [5.41, 5.74) is 4.50. The molecule has 0 heterocycles. The summed E-state index contributed by atoms with van der Waals surface area (Å²) in [6.45, 7) is 1.96. The number of alkyl halides is 3. The maximum atomic E-state index is 11.9. The van der Waals surface area contributed by atoms with Crippen LogP contribution < -0.4 is 11.1 Å². The molecule has 1 unspecified atom stereocenters. The summed E-state index contributed by atoms with van der Waals surface area (Å²) in [5, 5.41) is 3.15. The lowest BCUT2D eigenvalue weighted by atomic mass is 9.97. The van der Waals surface area contributed by atoms with Gasteiger partial charge in [0.25, 0.3) is 0 Å². The third kappa shape index (κ3) is 6.77. The van der Waals surface area contributed by atoms with E-state index in [0.29, 0.717) is 12.5 Å². The van der Waals surface area contributed by atoms with Crippen LogP contribution in [-0.2, 0) is 9.53 Å². The zero-order valence-electron chi connectivity index (χ0n) is 11.1. The first-order valence-corrected chi connectivity index (χ1v) is 6.45. The Hall–Kier alpha value is -0.820. The maximum absolute atomic E-state index is 11.9. The highest BCUT2D eigenvalue weighted by atomic mass is 19.4. The Labute approximate surface area is 110 Å². The summed E-state index contributed by atoms with van der Waals surface area (Å²) in [7, 11) is 0. The number of carbonyl (C=O) groups is 1. The minimum absolute atomic E-state index is 0.0395. The molecular formula is C12H21F3N2O2. The summed E-state index contributed by atoms with van der Waals surface area (Å²) < 4.78 is 40.8. The van der Waals surface area contributed by atoms with Gasteiger partial charge in [0.15, 0.2) is 0 Å². The molecule has 1 fully saturated rings. The van der Waals surface area contributed by atoms with Gasteiger partial charge in [-0.2, -0.15) is 13.2 Å². The van der Waals surface area contributed by atoms with Crippen molar-refractivity contribution in [2.45, 2.75) is 56.8 Å². The van der Waals surface area contributed by atoms with Crippen LogP contribution in [0.25, 0.3) is 0 Å². The van der Waals surface area contributed by atoms with E-state index in [-0.39, 0.29) is 19.6 Å². The van der Waals surface area contributed by atoms with Crippen LogP contribution in [0, 0.1) is 0 Å². The van der Waals surface area contributed by atoms with Crippen LogP contribution in [0.2, 0.25) is 0 Å². The molecule has 0 saturated heterocycles. The quantitative estimate of drug-likeness (QED) is 0.633. The molecule has 1 saturated carbocycles. The topological polar surface area (TPSA) is 64.3 Å². The van der Waals surface area contributed by atoms with Gasteiger partial charge in [0.2, 0.25) is 5.91 Å². The molecule has 7 heteroatoms. The van der Waals surface area contributed by atoms with E-state index >= 15 is 0 Å². The van der Waals surface area contributed by atoms with E-state index in [1.807, 2.05) is 0 Å². The Balaban J connectivity index is 2.16. The lowest BCUT2D eigenvalue weighted by Gasteiger charge is -2.27. The molecule has 1 aliphatic rings. The number of hydrogen-bond acceptors (Lipinski definition) is 3. The average Bonchev–Trinajstić information content (AvgIpc) is 3.05. The van der Waals surface area contributed by atoms with Crippen LogP contribution in [-0.4, -0.2) is 36.9 Å². The molecule has 0 aliphatic heterocycles. The van der Waals surface area contributed by atoms with Gasteiger partial charge in [-0.3, -0.25) is 4.79 Å². The second-order valence-electron chi connectivity index (χ2n) is 5.20. The number of nitrogens with one attached hydrogen (secondary N) is 1. The third-order valence-corrected chi connectivity index (χ3v) is 3.14. The molecule has 1 aliphatic carbocycles. The molecular weight excluding hydrogens is 261 g/mol. The van der Waals surface area contributed by atoms with E-state index in [1.54, 1.807) is 6.92 Å². The fourth-order valence-corrected chi connectivity index (χ4v) is 1.70. The lowest BCUT2D eigenvalue weighted by Crippen LogP contribution is -2.54. The molecule has 0 aromatic rings. The van der Waals surface area contributed by atoms with Gasteiger partial charge in [-0.25, -0.2) is 0 Å². The zero-order chi connectivity index (χ0) is 14.5. The SMILES string of the molecule is CC(CCOCCCC(F)(F)F)(NC1CC1)C(N)=O. The van der Waals surface area contributed by atoms with Gasteiger partial charge in [0, 0.05) is 25.7 Å². The molecule has 4 nitrogen and oxygen atoms in total. The molecule has 0 aromatic carbocycles. The van der Waals surface area contributed by atoms with E-state index in [4.69, 9.17) is 10.5 Å². The lowest BCUT2D eigenvalue weighted by molar-refractivity contribution is -0.138. The number of nitrogens with two attached hydrogens (primary N) is 1. The summed E-state index contributed by atoms with van der Waals surface area (Å²) in [6.07, 6.45) is -2.64. The molecule has 0 radical (unpaired) electrons. The summed E-state index contributed by atoms with van der Waals surface area (Å²) in [4.78, 5) is 11.4. The first kappa shape index (κ1) is 16.2. The smallest absolute Gasteiger partial charge is 0.381 e. The van der Waals surface area contributed by atoms with Crippen molar-refractivity contribution in [2.75, 3.05) is 13.2 Å². The van der Waals surface area contributed by atoms with Crippen molar-refractivity contribution in [2.24, 2.45) is 5.73 Å². The number of carbonyl (C=O) groups excluding carboxylic acids is 1. The van der Waals surface area contributed by atoms with Crippen LogP contribution in [0.3, 0.4) is 0 Å². The number of amides is 1. The number of halogens is 3. The van der Waals surface area contributed by atoms with Crippen molar-refractivity contribution >= 4 is 5.91 Å². The van der Waals surface area contributed by atoms with Crippen molar-refractivity contribution in [1.29, 1.82) is 0 Å². The third-order valence-electron chi connectivity index (χ3n) is 3.14. The van der Waals surface area contributed by atoms with Gasteiger partial charge in [0.05, 0.1) is 5.54 Å². The van der Waals surface area contributed by atoms with Crippen molar-refractivity contribution in [3.05, 3.63) is 0 Å². The van der Waals surface area contributed by atoms with Gasteiger partial charge >= 0.3 is 6.18 Å². The van der Waals surface area contributed by atoms with Crippen molar-refractivity contribution < 1.29 is 22.7 Å². The molecule has 0 spiro atoms. The molecule has 1 amide bonds. The normalized spacial score (nSPS) is 19.2. The molecule has 0 aromatic heterocycles.